The van der Waals surface area contributed by atoms with Crippen molar-refractivity contribution < 1.29 is 4.52 Å². The zero-order valence-corrected chi connectivity index (χ0v) is 12.5. The Kier molecular flexibility index (Phi) is 4.33. The van der Waals surface area contributed by atoms with E-state index in [-0.39, 0.29) is 4.75 Å². The molecule has 1 N–H and O–H groups in total. The molecular formula is C13H23N3OS. The van der Waals surface area contributed by atoms with Crippen molar-refractivity contribution >= 4 is 11.8 Å². The van der Waals surface area contributed by atoms with Gasteiger partial charge in [0, 0.05) is 16.7 Å². The van der Waals surface area contributed by atoms with Gasteiger partial charge in [0.1, 0.15) is 0 Å². The van der Waals surface area contributed by atoms with Crippen LogP contribution < -0.4 is 5.32 Å². The summed E-state index contributed by atoms with van der Waals surface area (Å²) in [5.41, 5.74) is 0. The second-order valence-corrected chi connectivity index (χ2v) is 7.83. The molecule has 1 aromatic heterocycles. The average Bonchev–Trinajstić information content (AvgIpc) is 2.74. The van der Waals surface area contributed by atoms with Crippen LogP contribution in [-0.2, 0) is 5.75 Å². The van der Waals surface area contributed by atoms with Crippen LogP contribution in [0, 0.1) is 0 Å². The Balaban J connectivity index is 1.93. The van der Waals surface area contributed by atoms with Gasteiger partial charge in [-0.2, -0.15) is 4.98 Å². The van der Waals surface area contributed by atoms with Crippen LogP contribution in [0.5, 0.6) is 0 Å². The predicted molar refractivity (Wildman–Crippen MR) is 74.8 cm³/mol. The van der Waals surface area contributed by atoms with Crippen LogP contribution in [0.3, 0.4) is 0 Å². The smallest absolute Gasteiger partial charge is 0.229 e. The van der Waals surface area contributed by atoms with Crippen LogP contribution in [0.1, 0.15) is 58.2 Å². The van der Waals surface area contributed by atoms with E-state index in [2.05, 4.69) is 43.2 Å². The van der Waals surface area contributed by atoms with Gasteiger partial charge in [-0.25, -0.2) is 0 Å². The molecule has 2 heterocycles. The third kappa shape index (κ3) is 3.99. The number of rotatable bonds is 3. The molecule has 0 bridgehead atoms. The van der Waals surface area contributed by atoms with Crippen molar-refractivity contribution in [3.8, 4) is 0 Å². The maximum Gasteiger partial charge on any atom is 0.229 e. The Morgan fingerprint density at radius 2 is 2.22 bits per heavy atom. The maximum absolute atomic E-state index is 5.42. The molecule has 1 fully saturated rings. The van der Waals surface area contributed by atoms with Crippen molar-refractivity contribution in [3.63, 3.8) is 0 Å². The van der Waals surface area contributed by atoms with E-state index in [0.29, 0.717) is 12.0 Å². The zero-order valence-electron chi connectivity index (χ0n) is 11.7. The first-order valence-electron chi connectivity index (χ1n) is 6.64. The highest BCUT2D eigenvalue weighted by Crippen LogP contribution is 2.29. The fraction of sp³-hybridized carbons (Fsp3) is 0.846. The summed E-state index contributed by atoms with van der Waals surface area (Å²) >= 11 is 1.85. The van der Waals surface area contributed by atoms with E-state index in [9.17, 15) is 0 Å². The lowest BCUT2D eigenvalue weighted by Gasteiger charge is -2.25. The van der Waals surface area contributed by atoms with Crippen molar-refractivity contribution in [2.45, 2.75) is 63.0 Å². The molecule has 1 aromatic rings. The minimum atomic E-state index is 0.240. The lowest BCUT2D eigenvalue weighted by atomic mass is 9.93. The fourth-order valence-electron chi connectivity index (χ4n) is 2.13. The van der Waals surface area contributed by atoms with Crippen LogP contribution in [0.25, 0.3) is 0 Å². The molecule has 1 saturated heterocycles. The number of hydrogen-bond acceptors (Lipinski definition) is 5. The summed E-state index contributed by atoms with van der Waals surface area (Å²) in [5, 5.41) is 7.53. The van der Waals surface area contributed by atoms with Crippen molar-refractivity contribution in [3.05, 3.63) is 11.7 Å². The third-order valence-corrected chi connectivity index (χ3v) is 4.36. The monoisotopic (exact) mass is 269 g/mol. The minimum absolute atomic E-state index is 0.240. The quantitative estimate of drug-likeness (QED) is 0.914. The summed E-state index contributed by atoms with van der Waals surface area (Å²) < 4.78 is 5.66. The highest BCUT2D eigenvalue weighted by Gasteiger charge is 2.25. The van der Waals surface area contributed by atoms with E-state index < -0.39 is 0 Å². The molecule has 18 heavy (non-hydrogen) atoms. The second-order valence-electron chi connectivity index (χ2n) is 6.03. The van der Waals surface area contributed by atoms with Crippen LogP contribution in [-0.4, -0.2) is 27.5 Å². The molecule has 1 aliphatic heterocycles. The summed E-state index contributed by atoms with van der Waals surface area (Å²) in [7, 11) is 0. The average molecular weight is 269 g/mol. The van der Waals surface area contributed by atoms with Crippen LogP contribution >= 0.6 is 11.8 Å². The molecule has 0 aliphatic carbocycles. The highest BCUT2D eigenvalue weighted by molar-refractivity contribution is 7.99. The van der Waals surface area contributed by atoms with E-state index in [0.717, 1.165) is 36.9 Å². The van der Waals surface area contributed by atoms with Crippen molar-refractivity contribution in [2.75, 3.05) is 6.54 Å². The Bertz CT molecular complexity index is 386. The van der Waals surface area contributed by atoms with Gasteiger partial charge in [0.05, 0.1) is 5.75 Å². The Hall–Kier alpha value is -0.550. The van der Waals surface area contributed by atoms with Crippen molar-refractivity contribution in [1.29, 1.82) is 0 Å². The number of nitrogens with zero attached hydrogens (tertiary/aromatic N) is 2. The number of hydrogen-bond donors (Lipinski definition) is 1. The van der Waals surface area contributed by atoms with Crippen LogP contribution in [0.2, 0.25) is 0 Å². The summed E-state index contributed by atoms with van der Waals surface area (Å²) in [4.78, 5) is 4.55. The van der Waals surface area contributed by atoms with Gasteiger partial charge in [0.2, 0.25) is 5.89 Å². The molecule has 4 nitrogen and oxygen atoms in total. The predicted octanol–water partition coefficient (Wildman–Crippen LogP) is 2.96. The number of thioether (sulfide) groups is 1. The van der Waals surface area contributed by atoms with Gasteiger partial charge in [-0.15, -0.1) is 11.8 Å². The molecule has 5 heteroatoms. The van der Waals surface area contributed by atoms with E-state index in [1.807, 2.05) is 11.8 Å². The molecule has 2 unspecified atom stereocenters. The molecule has 1 aliphatic rings. The van der Waals surface area contributed by atoms with Gasteiger partial charge in [-0.3, -0.25) is 0 Å². The highest BCUT2D eigenvalue weighted by atomic mass is 32.2. The minimum Gasteiger partial charge on any atom is -0.339 e. The largest absolute Gasteiger partial charge is 0.339 e. The van der Waals surface area contributed by atoms with Crippen LogP contribution in [0.15, 0.2) is 4.52 Å². The van der Waals surface area contributed by atoms with Gasteiger partial charge < -0.3 is 9.84 Å². The molecule has 2 atom stereocenters. The topological polar surface area (TPSA) is 51.0 Å². The van der Waals surface area contributed by atoms with Gasteiger partial charge in [0.25, 0.3) is 0 Å². The lowest BCUT2D eigenvalue weighted by molar-refractivity contribution is 0.294. The summed E-state index contributed by atoms with van der Waals surface area (Å²) in [6, 6.07) is 0.544. The number of nitrogens with one attached hydrogen (secondary N) is 1. The Morgan fingerprint density at radius 3 is 2.89 bits per heavy atom. The zero-order chi connectivity index (χ0) is 13.2. The Labute approximate surface area is 113 Å². The summed E-state index contributed by atoms with van der Waals surface area (Å²) in [6.07, 6.45) is 2.19. The molecule has 0 spiro atoms. The molecule has 2 rings (SSSR count). The van der Waals surface area contributed by atoms with Gasteiger partial charge in [0.15, 0.2) is 5.82 Å². The molecule has 0 radical (unpaired) electrons. The third-order valence-electron chi connectivity index (χ3n) is 3.09. The van der Waals surface area contributed by atoms with Crippen molar-refractivity contribution in [2.24, 2.45) is 0 Å². The van der Waals surface area contributed by atoms with E-state index >= 15 is 0 Å². The maximum atomic E-state index is 5.42. The van der Waals surface area contributed by atoms with Crippen molar-refractivity contribution in [1.82, 2.24) is 15.5 Å². The van der Waals surface area contributed by atoms with E-state index in [4.69, 9.17) is 4.52 Å². The van der Waals surface area contributed by atoms with E-state index in [1.165, 1.54) is 0 Å². The Morgan fingerprint density at radius 1 is 1.44 bits per heavy atom. The first-order valence-corrected chi connectivity index (χ1v) is 7.62. The normalized spacial score (nSPS) is 25.3. The summed E-state index contributed by atoms with van der Waals surface area (Å²) in [6.45, 7) is 9.85. The number of piperidine rings is 1. The molecule has 0 amide bonds. The van der Waals surface area contributed by atoms with Crippen LogP contribution in [0.4, 0.5) is 0 Å². The molecule has 0 saturated carbocycles. The second kappa shape index (κ2) is 5.61. The SMILES string of the molecule is CC1CC(c2nc(CSC(C)(C)C)no2)CCN1. The van der Waals surface area contributed by atoms with Gasteiger partial charge in [-0.1, -0.05) is 25.9 Å². The molecule has 0 aromatic carbocycles. The standard InChI is InChI=1S/C13H23N3OS/c1-9-7-10(5-6-14-9)12-15-11(16-17-12)8-18-13(2,3)4/h9-10,14H,5-8H2,1-4H3. The fourth-order valence-corrected chi connectivity index (χ4v) is 2.81. The summed E-state index contributed by atoms with van der Waals surface area (Å²) in [5.74, 6) is 2.92. The first-order chi connectivity index (χ1) is 8.44. The lowest BCUT2D eigenvalue weighted by Crippen LogP contribution is -2.34. The molecular weight excluding hydrogens is 246 g/mol. The number of aromatic nitrogens is 2. The van der Waals surface area contributed by atoms with Gasteiger partial charge in [-0.05, 0) is 26.3 Å². The molecule has 102 valence electrons. The van der Waals surface area contributed by atoms with Gasteiger partial charge >= 0.3 is 0 Å². The van der Waals surface area contributed by atoms with E-state index in [1.54, 1.807) is 0 Å². The first kappa shape index (κ1) is 13.9.